The molecule has 0 aliphatic carbocycles. The Morgan fingerprint density at radius 1 is 1.07 bits per heavy atom. The first-order valence-corrected chi connectivity index (χ1v) is 11.1. The summed E-state index contributed by atoms with van der Waals surface area (Å²) in [6.07, 6.45) is 0. The lowest BCUT2D eigenvalue weighted by atomic mass is 10.1. The second-order valence-electron chi connectivity index (χ2n) is 6.49. The average molecular weight is 414 g/mol. The number of sulfonamides is 1. The van der Waals surface area contributed by atoms with Crippen molar-refractivity contribution >= 4 is 27.5 Å². The molecule has 3 aromatic rings. The molecule has 0 radical (unpaired) electrons. The van der Waals surface area contributed by atoms with Crippen LogP contribution in [-0.2, 0) is 16.6 Å². The lowest BCUT2D eigenvalue weighted by molar-refractivity contribution is 0.448. The van der Waals surface area contributed by atoms with Gasteiger partial charge in [0.05, 0.1) is 17.2 Å². The van der Waals surface area contributed by atoms with Gasteiger partial charge in [-0.1, -0.05) is 59.8 Å². The predicted octanol–water partition coefficient (Wildman–Crippen LogP) is 2.77. The first-order chi connectivity index (χ1) is 13.4. The molecule has 144 valence electrons. The lowest BCUT2D eigenvalue weighted by Gasteiger charge is -2.18. The standard InChI is InChI=1S/C19H19N5O2S2/c1-14-8-10-16(11-9-14)28(25,26)23(2)12-18-20-21-19-24(18)22-17(13-27-19)15-6-4-3-5-7-15/h3-11H,12-13H2,1-2H3. The molecule has 0 amide bonds. The third-order valence-electron chi connectivity index (χ3n) is 4.44. The van der Waals surface area contributed by atoms with Crippen molar-refractivity contribution in [2.24, 2.45) is 5.10 Å². The van der Waals surface area contributed by atoms with Gasteiger partial charge in [0.1, 0.15) is 0 Å². The van der Waals surface area contributed by atoms with Crippen molar-refractivity contribution < 1.29 is 8.42 Å². The van der Waals surface area contributed by atoms with Crippen molar-refractivity contribution in [3.63, 3.8) is 0 Å². The maximum atomic E-state index is 12.9. The first kappa shape index (κ1) is 18.9. The molecular formula is C19H19N5O2S2. The van der Waals surface area contributed by atoms with Crippen molar-refractivity contribution in [3.05, 3.63) is 71.5 Å². The summed E-state index contributed by atoms with van der Waals surface area (Å²) in [5.74, 6) is 1.17. The number of rotatable bonds is 5. The minimum atomic E-state index is -3.63. The molecule has 0 atom stereocenters. The molecule has 4 rings (SSSR count). The largest absolute Gasteiger partial charge is 0.243 e. The van der Waals surface area contributed by atoms with Gasteiger partial charge < -0.3 is 0 Å². The van der Waals surface area contributed by atoms with Gasteiger partial charge in [-0.25, -0.2) is 8.42 Å². The number of aryl methyl sites for hydroxylation is 1. The summed E-state index contributed by atoms with van der Waals surface area (Å²) in [6.45, 7) is 2.00. The fourth-order valence-electron chi connectivity index (χ4n) is 2.81. The number of hydrogen-bond acceptors (Lipinski definition) is 6. The molecule has 0 fully saturated rings. The van der Waals surface area contributed by atoms with Gasteiger partial charge in [-0.15, -0.1) is 10.2 Å². The highest BCUT2D eigenvalue weighted by Gasteiger charge is 2.25. The van der Waals surface area contributed by atoms with E-state index in [9.17, 15) is 8.42 Å². The molecule has 9 heteroatoms. The molecule has 0 N–H and O–H groups in total. The Morgan fingerprint density at radius 2 is 1.79 bits per heavy atom. The third-order valence-corrected chi connectivity index (χ3v) is 7.18. The van der Waals surface area contributed by atoms with E-state index in [1.54, 1.807) is 28.9 Å². The number of thioether (sulfide) groups is 1. The van der Waals surface area contributed by atoms with Crippen molar-refractivity contribution in [3.8, 4) is 0 Å². The Hall–Kier alpha value is -2.49. The summed E-state index contributed by atoms with van der Waals surface area (Å²) >= 11 is 1.54. The first-order valence-electron chi connectivity index (χ1n) is 8.68. The van der Waals surface area contributed by atoms with Crippen LogP contribution in [0.25, 0.3) is 0 Å². The molecular weight excluding hydrogens is 394 g/mol. The second kappa shape index (κ2) is 7.50. The molecule has 28 heavy (non-hydrogen) atoms. The summed E-state index contributed by atoms with van der Waals surface area (Å²) in [6, 6.07) is 16.7. The minimum absolute atomic E-state index is 0.0787. The van der Waals surface area contributed by atoms with Gasteiger partial charge in [0, 0.05) is 12.8 Å². The van der Waals surface area contributed by atoms with Crippen LogP contribution < -0.4 is 0 Å². The molecule has 0 bridgehead atoms. The smallest absolute Gasteiger partial charge is 0.207 e. The van der Waals surface area contributed by atoms with Crippen molar-refractivity contribution in [1.29, 1.82) is 0 Å². The maximum absolute atomic E-state index is 12.9. The van der Waals surface area contributed by atoms with Gasteiger partial charge in [0.25, 0.3) is 0 Å². The van der Waals surface area contributed by atoms with Crippen LogP contribution in [0.3, 0.4) is 0 Å². The van der Waals surface area contributed by atoms with E-state index in [1.165, 1.54) is 23.1 Å². The maximum Gasteiger partial charge on any atom is 0.243 e. The van der Waals surface area contributed by atoms with Gasteiger partial charge >= 0.3 is 0 Å². The van der Waals surface area contributed by atoms with Crippen LogP contribution in [0.1, 0.15) is 17.0 Å². The topological polar surface area (TPSA) is 80.5 Å². The van der Waals surface area contributed by atoms with E-state index in [4.69, 9.17) is 0 Å². The molecule has 1 aliphatic heterocycles. The Kier molecular flexibility index (Phi) is 5.05. The zero-order valence-electron chi connectivity index (χ0n) is 15.5. The van der Waals surface area contributed by atoms with E-state index >= 15 is 0 Å². The van der Waals surface area contributed by atoms with E-state index in [2.05, 4.69) is 15.3 Å². The summed E-state index contributed by atoms with van der Waals surface area (Å²) in [5, 5.41) is 13.6. The summed E-state index contributed by atoms with van der Waals surface area (Å²) in [7, 11) is -2.09. The van der Waals surface area contributed by atoms with Gasteiger partial charge in [-0.3, -0.25) is 0 Å². The Bertz CT molecular complexity index is 1120. The number of aromatic nitrogens is 3. The van der Waals surface area contributed by atoms with Crippen LogP contribution in [0.2, 0.25) is 0 Å². The molecule has 1 aliphatic rings. The predicted molar refractivity (Wildman–Crippen MR) is 109 cm³/mol. The van der Waals surface area contributed by atoms with Crippen molar-refractivity contribution in [2.75, 3.05) is 12.8 Å². The van der Waals surface area contributed by atoms with Gasteiger partial charge in [-0.2, -0.15) is 14.1 Å². The average Bonchev–Trinajstić information content (AvgIpc) is 3.11. The highest BCUT2D eigenvalue weighted by Crippen LogP contribution is 2.25. The molecule has 7 nitrogen and oxygen atoms in total. The third kappa shape index (κ3) is 3.60. The number of fused-ring (bicyclic) bond motifs is 1. The van der Waals surface area contributed by atoms with Crippen molar-refractivity contribution in [1.82, 2.24) is 19.2 Å². The fraction of sp³-hybridized carbons (Fsp3) is 0.211. The Morgan fingerprint density at radius 3 is 2.50 bits per heavy atom. The van der Waals surface area contributed by atoms with Crippen molar-refractivity contribution in [2.45, 2.75) is 23.5 Å². The van der Waals surface area contributed by atoms with Crippen LogP contribution in [0, 0.1) is 6.92 Å². The molecule has 0 spiro atoms. The number of nitrogens with zero attached hydrogens (tertiary/aromatic N) is 5. The quantitative estimate of drug-likeness (QED) is 0.643. The summed E-state index contributed by atoms with van der Waals surface area (Å²) < 4.78 is 28.6. The van der Waals surface area contributed by atoms with E-state index in [1.807, 2.05) is 37.3 Å². The van der Waals surface area contributed by atoms with Crippen LogP contribution in [0.15, 0.2) is 69.8 Å². The van der Waals surface area contributed by atoms with E-state index in [0.29, 0.717) is 16.7 Å². The van der Waals surface area contributed by atoms with E-state index in [0.717, 1.165) is 16.8 Å². The van der Waals surface area contributed by atoms with Gasteiger partial charge in [0.15, 0.2) is 5.82 Å². The lowest BCUT2D eigenvalue weighted by Crippen LogP contribution is -2.28. The SMILES string of the molecule is Cc1ccc(S(=O)(=O)N(C)Cc2nnc3n2N=C(c2ccccc2)CS3)cc1. The Labute approximate surface area is 168 Å². The highest BCUT2D eigenvalue weighted by atomic mass is 32.2. The molecule has 0 saturated heterocycles. The summed E-state index contributed by atoms with van der Waals surface area (Å²) in [5.41, 5.74) is 2.94. The molecule has 1 aromatic heterocycles. The molecule has 2 aromatic carbocycles. The normalized spacial score (nSPS) is 14.0. The number of hydrogen-bond donors (Lipinski definition) is 0. The zero-order valence-corrected chi connectivity index (χ0v) is 17.1. The Balaban J connectivity index is 1.62. The monoisotopic (exact) mass is 413 g/mol. The fourth-order valence-corrected chi connectivity index (χ4v) is 4.80. The van der Waals surface area contributed by atoms with E-state index < -0.39 is 10.0 Å². The molecule has 0 saturated carbocycles. The van der Waals surface area contributed by atoms with Gasteiger partial charge in [-0.05, 0) is 24.6 Å². The minimum Gasteiger partial charge on any atom is -0.207 e. The van der Waals surface area contributed by atoms with E-state index in [-0.39, 0.29) is 11.4 Å². The van der Waals surface area contributed by atoms with Gasteiger partial charge in [0.2, 0.25) is 15.2 Å². The second-order valence-corrected chi connectivity index (χ2v) is 9.47. The molecule has 0 unspecified atom stereocenters. The zero-order chi connectivity index (χ0) is 19.7. The number of benzene rings is 2. The summed E-state index contributed by atoms with van der Waals surface area (Å²) in [4.78, 5) is 0.252. The van der Waals surface area contributed by atoms with Crippen LogP contribution in [0.4, 0.5) is 0 Å². The van der Waals surface area contributed by atoms with Crippen LogP contribution in [0.5, 0.6) is 0 Å². The molecule has 2 heterocycles. The van der Waals surface area contributed by atoms with Crippen LogP contribution >= 0.6 is 11.8 Å². The highest BCUT2D eigenvalue weighted by molar-refractivity contribution is 7.99. The van der Waals surface area contributed by atoms with Crippen LogP contribution in [-0.4, -0.2) is 46.1 Å².